The van der Waals surface area contributed by atoms with Crippen LogP contribution in [0.4, 0.5) is 0 Å². The van der Waals surface area contributed by atoms with Crippen molar-refractivity contribution >= 4 is 11.9 Å². The molecule has 0 aromatic heterocycles. The fourth-order valence-electron chi connectivity index (χ4n) is 0.642. The highest BCUT2D eigenvalue weighted by Crippen LogP contribution is 1.94. The third-order valence-corrected chi connectivity index (χ3v) is 1.24. The van der Waals surface area contributed by atoms with Gasteiger partial charge in [-0.15, -0.1) is 0 Å². The van der Waals surface area contributed by atoms with Crippen molar-refractivity contribution < 1.29 is 0 Å². The van der Waals surface area contributed by atoms with Crippen LogP contribution in [-0.2, 0) is 0 Å². The highest BCUT2D eigenvalue weighted by atomic mass is 14.7. The standard InChI is InChI=1S/C9H14N2/c1-8(5-4-6-10)7-9(2)11-3/h4-7,10H,1-3H3/b5-4+,8-7+,10-6?,11-9?. The molecule has 0 aliphatic heterocycles. The third-order valence-electron chi connectivity index (χ3n) is 1.24. The molecule has 0 heterocycles. The summed E-state index contributed by atoms with van der Waals surface area (Å²) >= 11 is 0. The van der Waals surface area contributed by atoms with Crippen LogP contribution in [0.5, 0.6) is 0 Å². The van der Waals surface area contributed by atoms with Crippen LogP contribution in [0.1, 0.15) is 13.8 Å². The first-order valence-electron chi connectivity index (χ1n) is 3.49. The molecule has 0 fully saturated rings. The lowest BCUT2D eigenvalue weighted by molar-refractivity contribution is 1.42. The predicted octanol–water partition coefficient (Wildman–Crippen LogP) is 2.23. The van der Waals surface area contributed by atoms with Crippen molar-refractivity contribution in [2.45, 2.75) is 13.8 Å². The van der Waals surface area contributed by atoms with Crippen molar-refractivity contribution in [3.8, 4) is 0 Å². The van der Waals surface area contributed by atoms with E-state index < -0.39 is 0 Å². The molecular weight excluding hydrogens is 136 g/mol. The van der Waals surface area contributed by atoms with Crippen molar-refractivity contribution in [3.05, 3.63) is 23.8 Å². The molecule has 0 saturated heterocycles. The quantitative estimate of drug-likeness (QED) is 0.473. The van der Waals surface area contributed by atoms with E-state index in [4.69, 9.17) is 5.41 Å². The molecule has 60 valence electrons. The summed E-state index contributed by atoms with van der Waals surface area (Å²) in [6.45, 7) is 3.93. The van der Waals surface area contributed by atoms with Gasteiger partial charge in [0, 0.05) is 19.0 Å². The summed E-state index contributed by atoms with van der Waals surface area (Å²) in [7, 11) is 1.76. The summed E-state index contributed by atoms with van der Waals surface area (Å²) in [5.74, 6) is 0. The first-order chi connectivity index (χ1) is 5.20. The van der Waals surface area contributed by atoms with Gasteiger partial charge in [-0.3, -0.25) is 4.99 Å². The van der Waals surface area contributed by atoms with Gasteiger partial charge in [0.1, 0.15) is 0 Å². The molecule has 0 amide bonds. The number of aliphatic imine (C=N–C) groups is 1. The number of nitrogens with one attached hydrogen (secondary N) is 1. The van der Waals surface area contributed by atoms with Gasteiger partial charge in [-0.25, -0.2) is 0 Å². The Morgan fingerprint density at radius 1 is 1.36 bits per heavy atom. The summed E-state index contributed by atoms with van der Waals surface area (Å²) in [6.07, 6.45) is 6.80. The predicted molar refractivity (Wildman–Crippen MR) is 50.7 cm³/mol. The topological polar surface area (TPSA) is 36.2 Å². The van der Waals surface area contributed by atoms with Crippen molar-refractivity contribution in [2.75, 3.05) is 7.05 Å². The highest BCUT2D eigenvalue weighted by Gasteiger charge is 1.82. The Morgan fingerprint density at radius 3 is 2.45 bits per heavy atom. The normalized spacial score (nSPS) is 14.1. The largest absolute Gasteiger partial charge is 0.309 e. The molecule has 0 bridgehead atoms. The maximum absolute atomic E-state index is 6.75. The van der Waals surface area contributed by atoms with Gasteiger partial charge in [0.25, 0.3) is 0 Å². The molecule has 0 aromatic carbocycles. The fraction of sp³-hybridized carbons (Fsp3) is 0.333. The van der Waals surface area contributed by atoms with Gasteiger partial charge in [-0.2, -0.15) is 0 Å². The van der Waals surface area contributed by atoms with Crippen LogP contribution >= 0.6 is 0 Å². The van der Waals surface area contributed by atoms with Gasteiger partial charge in [0.2, 0.25) is 0 Å². The zero-order valence-corrected chi connectivity index (χ0v) is 7.26. The fourth-order valence-corrected chi connectivity index (χ4v) is 0.642. The smallest absolute Gasteiger partial charge is 0.0316 e. The molecule has 2 nitrogen and oxygen atoms in total. The van der Waals surface area contributed by atoms with Gasteiger partial charge >= 0.3 is 0 Å². The van der Waals surface area contributed by atoms with Crippen molar-refractivity contribution in [3.63, 3.8) is 0 Å². The van der Waals surface area contributed by atoms with Crippen LogP contribution in [0.15, 0.2) is 28.8 Å². The van der Waals surface area contributed by atoms with E-state index in [9.17, 15) is 0 Å². The molecule has 0 rings (SSSR count). The lowest BCUT2D eigenvalue weighted by atomic mass is 10.2. The van der Waals surface area contributed by atoms with E-state index in [1.807, 2.05) is 26.0 Å². The molecule has 2 heteroatoms. The van der Waals surface area contributed by atoms with Crippen LogP contribution in [0.2, 0.25) is 0 Å². The second-order valence-corrected chi connectivity index (χ2v) is 2.28. The van der Waals surface area contributed by atoms with Gasteiger partial charge in [-0.1, -0.05) is 6.08 Å². The Labute approximate surface area is 67.9 Å². The van der Waals surface area contributed by atoms with Crippen LogP contribution < -0.4 is 0 Å². The zero-order chi connectivity index (χ0) is 8.69. The maximum atomic E-state index is 6.75. The van der Waals surface area contributed by atoms with E-state index in [0.717, 1.165) is 11.3 Å². The Kier molecular flexibility index (Phi) is 4.99. The van der Waals surface area contributed by atoms with E-state index >= 15 is 0 Å². The molecular formula is C9H14N2. The van der Waals surface area contributed by atoms with Crippen molar-refractivity contribution in [1.29, 1.82) is 5.41 Å². The van der Waals surface area contributed by atoms with Crippen LogP contribution in [0, 0.1) is 5.41 Å². The first-order valence-corrected chi connectivity index (χ1v) is 3.49. The Morgan fingerprint density at radius 2 is 2.00 bits per heavy atom. The first kappa shape index (κ1) is 9.82. The second kappa shape index (κ2) is 5.59. The minimum atomic E-state index is 0.997. The Bertz CT molecular complexity index is 210. The molecule has 0 radical (unpaired) electrons. The summed E-state index contributed by atoms with van der Waals surface area (Å²) < 4.78 is 0. The number of nitrogens with zero attached hydrogens (tertiary/aromatic N) is 1. The Hall–Kier alpha value is -1.18. The molecule has 0 spiro atoms. The SMILES string of the molecule is CN=C(C)/C=C(C)/C=C/C=N. The zero-order valence-electron chi connectivity index (χ0n) is 7.26. The molecule has 0 aliphatic rings. The third kappa shape index (κ3) is 5.27. The summed E-state index contributed by atoms with van der Waals surface area (Å²) in [6, 6.07) is 0. The second-order valence-electron chi connectivity index (χ2n) is 2.28. The summed E-state index contributed by atoms with van der Waals surface area (Å²) in [5.41, 5.74) is 2.11. The average Bonchev–Trinajstić information content (AvgIpc) is 2.00. The number of allylic oxidation sites excluding steroid dienone is 4. The lowest BCUT2D eigenvalue weighted by Crippen LogP contribution is -1.84. The van der Waals surface area contributed by atoms with E-state index in [2.05, 4.69) is 4.99 Å². The maximum Gasteiger partial charge on any atom is 0.0316 e. The van der Waals surface area contributed by atoms with E-state index in [-0.39, 0.29) is 0 Å². The van der Waals surface area contributed by atoms with Gasteiger partial charge < -0.3 is 5.41 Å². The molecule has 0 saturated carbocycles. The Balaban J connectivity index is 4.22. The van der Waals surface area contributed by atoms with Crippen LogP contribution in [0.25, 0.3) is 0 Å². The molecule has 1 N–H and O–H groups in total. The minimum Gasteiger partial charge on any atom is -0.309 e. The van der Waals surface area contributed by atoms with Crippen molar-refractivity contribution in [1.82, 2.24) is 0 Å². The van der Waals surface area contributed by atoms with Gasteiger partial charge in [0.05, 0.1) is 0 Å². The number of rotatable bonds is 3. The molecule has 11 heavy (non-hydrogen) atoms. The average molecular weight is 150 g/mol. The highest BCUT2D eigenvalue weighted by molar-refractivity contribution is 5.93. The van der Waals surface area contributed by atoms with Gasteiger partial charge in [0.15, 0.2) is 0 Å². The minimum absolute atomic E-state index is 0.997. The number of hydrogen-bond acceptors (Lipinski definition) is 2. The monoisotopic (exact) mass is 150 g/mol. The van der Waals surface area contributed by atoms with Gasteiger partial charge in [-0.05, 0) is 31.6 Å². The van der Waals surface area contributed by atoms with E-state index in [1.165, 1.54) is 6.21 Å². The summed E-state index contributed by atoms with van der Waals surface area (Å²) in [5, 5.41) is 6.75. The van der Waals surface area contributed by atoms with Crippen LogP contribution in [-0.4, -0.2) is 19.0 Å². The van der Waals surface area contributed by atoms with Crippen molar-refractivity contribution in [2.24, 2.45) is 4.99 Å². The number of hydrogen-bond donors (Lipinski definition) is 1. The lowest BCUT2D eigenvalue weighted by Gasteiger charge is -1.90. The summed E-state index contributed by atoms with van der Waals surface area (Å²) in [4.78, 5) is 3.99. The molecule has 0 aliphatic carbocycles. The van der Waals surface area contributed by atoms with Crippen LogP contribution in [0.3, 0.4) is 0 Å². The van der Waals surface area contributed by atoms with E-state index in [0.29, 0.717) is 0 Å². The van der Waals surface area contributed by atoms with E-state index in [1.54, 1.807) is 13.1 Å². The molecule has 0 atom stereocenters. The molecule has 0 aromatic rings. The molecule has 0 unspecified atom stereocenters.